The molecule has 0 saturated heterocycles. The van der Waals surface area contributed by atoms with Crippen molar-refractivity contribution in [3.63, 3.8) is 0 Å². The molecule has 2 rings (SSSR count). The first-order valence-corrected chi connectivity index (χ1v) is 5.33. The molecule has 0 fully saturated rings. The molecular formula is C13H14N2O2. The summed E-state index contributed by atoms with van der Waals surface area (Å²) in [7, 11) is 1.60. The maximum absolute atomic E-state index is 11.1. The number of carbonyl (C=O) groups is 1. The number of hydrogen-bond acceptors (Lipinski definition) is 3. The van der Waals surface area contributed by atoms with Crippen LogP contribution >= 0.6 is 0 Å². The number of fused-ring (bicyclic) bond motifs is 1. The number of hydrogen-bond donors (Lipinski definition) is 1. The van der Waals surface area contributed by atoms with E-state index in [2.05, 4.69) is 4.98 Å². The Morgan fingerprint density at radius 3 is 2.88 bits per heavy atom. The quantitative estimate of drug-likeness (QED) is 0.870. The summed E-state index contributed by atoms with van der Waals surface area (Å²) in [6, 6.07) is 7.50. The van der Waals surface area contributed by atoms with Crippen LogP contribution < -0.4 is 10.5 Å². The van der Waals surface area contributed by atoms with Crippen LogP contribution in [0.3, 0.4) is 0 Å². The van der Waals surface area contributed by atoms with E-state index < -0.39 is 0 Å². The molecule has 0 saturated carbocycles. The summed E-state index contributed by atoms with van der Waals surface area (Å²) in [5, 5.41) is 0.861. The van der Waals surface area contributed by atoms with E-state index in [-0.39, 0.29) is 12.3 Å². The number of amides is 1. The normalized spacial score (nSPS) is 10.5. The van der Waals surface area contributed by atoms with Crippen molar-refractivity contribution in [2.24, 2.45) is 5.73 Å². The molecule has 4 nitrogen and oxygen atoms in total. The molecule has 1 amide bonds. The molecule has 0 aliphatic heterocycles. The van der Waals surface area contributed by atoms with Crippen LogP contribution in [0.2, 0.25) is 0 Å². The Hall–Kier alpha value is -2.10. The van der Waals surface area contributed by atoms with Crippen LogP contribution in [0.25, 0.3) is 10.9 Å². The number of nitrogens with zero attached hydrogens (tertiary/aromatic N) is 1. The molecule has 1 aromatic carbocycles. The summed E-state index contributed by atoms with van der Waals surface area (Å²) >= 11 is 0. The van der Waals surface area contributed by atoms with E-state index in [1.54, 1.807) is 7.11 Å². The second-order valence-corrected chi connectivity index (χ2v) is 3.92. The predicted octanol–water partition coefficient (Wildman–Crippen LogP) is 1.58. The van der Waals surface area contributed by atoms with Crippen LogP contribution in [0.15, 0.2) is 24.3 Å². The first-order chi connectivity index (χ1) is 8.11. The first-order valence-electron chi connectivity index (χ1n) is 5.33. The fourth-order valence-electron chi connectivity index (χ4n) is 1.98. The largest absolute Gasteiger partial charge is 0.496 e. The molecule has 0 aliphatic rings. The number of nitrogens with two attached hydrogens (primary N) is 1. The van der Waals surface area contributed by atoms with E-state index in [1.807, 2.05) is 31.2 Å². The highest BCUT2D eigenvalue weighted by Crippen LogP contribution is 2.28. The lowest BCUT2D eigenvalue weighted by atomic mass is 10.0. The lowest BCUT2D eigenvalue weighted by Crippen LogP contribution is -2.14. The standard InChI is InChI=1S/C13H14N2O2/c1-8-6-9(7-12(14)16)13-10(15-8)4-3-5-11(13)17-2/h3-6H,7H2,1-2H3,(H2,14,16). The van der Waals surface area contributed by atoms with Crippen molar-refractivity contribution < 1.29 is 9.53 Å². The van der Waals surface area contributed by atoms with Gasteiger partial charge in [0.25, 0.3) is 0 Å². The molecule has 1 heterocycles. The van der Waals surface area contributed by atoms with Gasteiger partial charge in [-0.15, -0.1) is 0 Å². The van der Waals surface area contributed by atoms with E-state index in [1.165, 1.54) is 0 Å². The molecular weight excluding hydrogens is 216 g/mol. The number of carbonyl (C=O) groups excluding carboxylic acids is 1. The van der Waals surface area contributed by atoms with Crippen molar-refractivity contribution in [2.45, 2.75) is 13.3 Å². The van der Waals surface area contributed by atoms with Crippen LogP contribution in [-0.4, -0.2) is 18.0 Å². The second kappa shape index (κ2) is 4.41. The summed E-state index contributed by atoms with van der Waals surface area (Å²) in [4.78, 5) is 15.5. The lowest BCUT2D eigenvalue weighted by Gasteiger charge is -2.10. The minimum atomic E-state index is -0.359. The topological polar surface area (TPSA) is 65.2 Å². The average molecular weight is 230 g/mol. The minimum Gasteiger partial charge on any atom is -0.496 e. The molecule has 17 heavy (non-hydrogen) atoms. The van der Waals surface area contributed by atoms with Crippen molar-refractivity contribution >= 4 is 16.8 Å². The van der Waals surface area contributed by atoms with Gasteiger partial charge in [-0.2, -0.15) is 0 Å². The number of ether oxygens (including phenoxy) is 1. The number of methoxy groups -OCH3 is 1. The van der Waals surface area contributed by atoms with Gasteiger partial charge in [-0.25, -0.2) is 0 Å². The van der Waals surface area contributed by atoms with Gasteiger partial charge in [-0.1, -0.05) is 6.07 Å². The molecule has 1 aromatic heterocycles. The number of aryl methyl sites for hydroxylation is 1. The third-order valence-electron chi connectivity index (χ3n) is 2.59. The van der Waals surface area contributed by atoms with Gasteiger partial charge in [0.05, 0.1) is 19.0 Å². The number of benzene rings is 1. The van der Waals surface area contributed by atoms with Crippen molar-refractivity contribution in [1.29, 1.82) is 0 Å². The van der Waals surface area contributed by atoms with Crippen molar-refractivity contribution in [1.82, 2.24) is 4.98 Å². The van der Waals surface area contributed by atoms with Crippen molar-refractivity contribution in [2.75, 3.05) is 7.11 Å². The second-order valence-electron chi connectivity index (χ2n) is 3.92. The molecule has 2 aromatic rings. The Kier molecular flexibility index (Phi) is 2.95. The smallest absolute Gasteiger partial charge is 0.221 e. The van der Waals surface area contributed by atoms with Crippen LogP contribution in [0, 0.1) is 6.92 Å². The Labute approximate surface area is 99.4 Å². The molecule has 2 N–H and O–H groups in total. The molecule has 0 atom stereocenters. The molecule has 88 valence electrons. The van der Waals surface area contributed by atoms with Gasteiger partial charge in [0.15, 0.2) is 0 Å². The van der Waals surface area contributed by atoms with Crippen LogP contribution in [0.5, 0.6) is 5.75 Å². The average Bonchev–Trinajstić information content (AvgIpc) is 2.26. The van der Waals surface area contributed by atoms with Crippen molar-refractivity contribution in [3.05, 3.63) is 35.5 Å². The summed E-state index contributed by atoms with van der Waals surface area (Å²) in [6.07, 6.45) is 0.195. The summed E-state index contributed by atoms with van der Waals surface area (Å²) in [5.41, 5.74) is 7.80. The third-order valence-corrected chi connectivity index (χ3v) is 2.59. The highest BCUT2D eigenvalue weighted by Gasteiger charge is 2.10. The highest BCUT2D eigenvalue weighted by atomic mass is 16.5. The van der Waals surface area contributed by atoms with E-state index >= 15 is 0 Å². The maximum atomic E-state index is 11.1. The molecule has 0 unspecified atom stereocenters. The lowest BCUT2D eigenvalue weighted by molar-refractivity contribution is -0.117. The zero-order chi connectivity index (χ0) is 12.4. The molecule has 0 aliphatic carbocycles. The number of pyridine rings is 1. The van der Waals surface area contributed by atoms with Gasteiger partial charge in [-0.3, -0.25) is 9.78 Å². The van der Waals surface area contributed by atoms with Gasteiger partial charge in [-0.05, 0) is 30.7 Å². The fourth-order valence-corrected chi connectivity index (χ4v) is 1.98. The molecule has 0 radical (unpaired) electrons. The molecule has 4 heteroatoms. The van der Waals surface area contributed by atoms with Crippen LogP contribution in [0.4, 0.5) is 0 Å². The van der Waals surface area contributed by atoms with Gasteiger partial charge in [0, 0.05) is 11.1 Å². The predicted molar refractivity (Wildman–Crippen MR) is 65.9 cm³/mol. The SMILES string of the molecule is COc1cccc2nc(C)cc(CC(N)=O)c12. The van der Waals surface area contributed by atoms with E-state index in [9.17, 15) is 4.79 Å². The zero-order valence-corrected chi connectivity index (χ0v) is 9.86. The third kappa shape index (κ3) is 2.20. The van der Waals surface area contributed by atoms with Crippen LogP contribution in [-0.2, 0) is 11.2 Å². The summed E-state index contributed by atoms with van der Waals surface area (Å²) < 4.78 is 5.30. The maximum Gasteiger partial charge on any atom is 0.221 e. The number of rotatable bonds is 3. The monoisotopic (exact) mass is 230 g/mol. The Morgan fingerprint density at radius 1 is 1.47 bits per heavy atom. The Balaban J connectivity index is 2.74. The Morgan fingerprint density at radius 2 is 2.24 bits per heavy atom. The summed E-state index contributed by atoms with van der Waals surface area (Å²) in [5.74, 6) is 0.356. The Bertz CT molecular complexity index is 579. The number of primary amides is 1. The van der Waals surface area contributed by atoms with Gasteiger partial charge in [0.1, 0.15) is 5.75 Å². The number of aromatic nitrogens is 1. The first kappa shape index (κ1) is 11.4. The van der Waals surface area contributed by atoms with E-state index in [4.69, 9.17) is 10.5 Å². The molecule has 0 bridgehead atoms. The van der Waals surface area contributed by atoms with Gasteiger partial charge < -0.3 is 10.5 Å². The van der Waals surface area contributed by atoms with Crippen molar-refractivity contribution in [3.8, 4) is 5.75 Å². The minimum absolute atomic E-state index is 0.195. The van der Waals surface area contributed by atoms with E-state index in [0.717, 1.165) is 22.2 Å². The van der Waals surface area contributed by atoms with E-state index in [0.29, 0.717) is 5.75 Å². The summed E-state index contributed by atoms with van der Waals surface area (Å²) in [6.45, 7) is 1.89. The zero-order valence-electron chi connectivity index (χ0n) is 9.86. The highest BCUT2D eigenvalue weighted by molar-refractivity contribution is 5.92. The van der Waals surface area contributed by atoms with Crippen LogP contribution in [0.1, 0.15) is 11.3 Å². The van der Waals surface area contributed by atoms with Gasteiger partial charge >= 0.3 is 0 Å². The van der Waals surface area contributed by atoms with Gasteiger partial charge in [0.2, 0.25) is 5.91 Å². The fraction of sp³-hybridized carbons (Fsp3) is 0.231. The molecule has 0 spiro atoms.